The van der Waals surface area contributed by atoms with Crippen molar-refractivity contribution in [2.45, 2.75) is 24.3 Å². The second-order valence-corrected chi connectivity index (χ2v) is 8.47. The molecule has 4 atom stereocenters. The van der Waals surface area contributed by atoms with Crippen molar-refractivity contribution in [3.05, 3.63) is 100 Å². The third-order valence-electron chi connectivity index (χ3n) is 6.83. The zero-order valence-electron chi connectivity index (χ0n) is 17.6. The van der Waals surface area contributed by atoms with Gasteiger partial charge in [0.15, 0.2) is 23.3 Å². The van der Waals surface area contributed by atoms with E-state index in [1.807, 2.05) is 0 Å². The molecule has 0 saturated carbocycles. The molecule has 174 valence electrons. The summed E-state index contributed by atoms with van der Waals surface area (Å²) in [4.78, 5) is 26.7. The van der Waals surface area contributed by atoms with Crippen LogP contribution in [0.4, 0.5) is 27.6 Å². The van der Waals surface area contributed by atoms with Crippen LogP contribution in [0.2, 0.25) is 0 Å². The molecular formula is C25H17F5N2O2. The van der Waals surface area contributed by atoms with Crippen molar-refractivity contribution < 1.29 is 31.5 Å². The minimum Gasteiger partial charge on any atom is -0.348 e. The monoisotopic (exact) mass is 472 g/mol. The highest BCUT2D eigenvalue weighted by Crippen LogP contribution is 2.59. The number of hydrogen-bond donors (Lipinski definition) is 2. The molecule has 2 amide bonds. The van der Waals surface area contributed by atoms with Gasteiger partial charge in [0.2, 0.25) is 17.6 Å². The van der Waals surface area contributed by atoms with Gasteiger partial charge in [0.25, 0.3) is 0 Å². The third-order valence-corrected chi connectivity index (χ3v) is 6.83. The Morgan fingerprint density at radius 1 is 0.765 bits per heavy atom. The molecule has 0 unspecified atom stereocenters. The van der Waals surface area contributed by atoms with Gasteiger partial charge in [0, 0.05) is 23.1 Å². The van der Waals surface area contributed by atoms with E-state index in [0.717, 1.165) is 0 Å². The lowest BCUT2D eigenvalue weighted by Gasteiger charge is -2.49. The molecule has 2 heterocycles. The Morgan fingerprint density at radius 3 is 1.97 bits per heavy atom. The average molecular weight is 472 g/mol. The number of carbonyl (C=O) groups is 2. The van der Waals surface area contributed by atoms with Crippen molar-refractivity contribution in [1.82, 2.24) is 5.32 Å². The first kappa shape index (κ1) is 22.1. The van der Waals surface area contributed by atoms with Crippen LogP contribution in [0.5, 0.6) is 0 Å². The first-order valence-electron chi connectivity index (χ1n) is 10.5. The van der Waals surface area contributed by atoms with Gasteiger partial charge in [-0.25, -0.2) is 22.0 Å². The number of anilines is 1. The molecule has 0 radical (unpaired) electrons. The Kier molecular flexibility index (Phi) is 4.96. The molecule has 3 aromatic rings. The summed E-state index contributed by atoms with van der Waals surface area (Å²) >= 11 is 0. The van der Waals surface area contributed by atoms with E-state index in [-0.39, 0.29) is 5.56 Å². The smallest absolute Gasteiger partial charge is 0.238 e. The van der Waals surface area contributed by atoms with E-state index in [1.54, 1.807) is 54.6 Å². The Balaban J connectivity index is 1.91. The second kappa shape index (κ2) is 7.65. The molecule has 5 rings (SSSR count). The van der Waals surface area contributed by atoms with Crippen LogP contribution >= 0.6 is 0 Å². The van der Waals surface area contributed by atoms with Gasteiger partial charge in [-0.3, -0.25) is 9.59 Å². The van der Waals surface area contributed by atoms with Crippen LogP contribution in [0.3, 0.4) is 0 Å². The zero-order valence-corrected chi connectivity index (χ0v) is 17.6. The number of para-hydroxylation sites is 1. The molecule has 34 heavy (non-hydrogen) atoms. The predicted molar refractivity (Wildman–Crippen MR) is 112 cm³/mol. The van der Waals surface area contributed by atoms with Gasteiger partial charge in [-0.05, 0) is 17.2 Å². The van der Waals surface area contributed by atoms with Gasteiger partial charge in [-0.1, -0.05) is 55.5 Å². The number of benzene rings is 3. The number of amides is 2. The van der Waals surface area contributed by atoms with Gasteiger partial charge >= 0.3 is 0 Å². The summed E-state index contributed by atoms with van der Waals surface area (Å²) in [5, 5.41) is 5.44. The van der Waals surface area contributed by atoms with Crippen molar-refractivity contribution in [3.8, 4) is 0 Å². The van der Waals surface area contributed by atoms with Gasteiger partial charge in [-0.2, -0.15) is 0 Å². The number of nitrogens with one attached hydrogen (secondary N) is 2. The van der Waals surface area contributed by atoms with Crippen LogP contribution in [0.15, 0.2) is 54.6 Å². The minimum atomic E-state index is -2.31. The summed E-state index contributed by atoms with van der Waals surface area (Å²) < 4.78 is 72.8. The summed E-state index contributed by atoms with van der Waals surface area (Å²) in [5.74, 6) is -15.1. The fraction of sp³-hybridized carbons (Fsp3) is 0.200. The Bertz CT molecular complexity index is 1320. The normalized spacial score (nSPS) is 25.8. The fourth-order valence-electron chi connectivity index (χ4n) is 5.37. The molecule has 1 spiro atoms. The van der Waals surface area contributed by atoms with E-state index >= 15 is 8.78 Å². The van der Waals surface area contributed by atoms with Crippen LogP contribution in [-0.4, -0.2) is 11.8 Å². The predicted octanol–water partition coefficient (Wildman–Crippen LogP) is 4.86. The molecule has 4 nitrogen and oxygen atoms in total. The summed E-state index contributed by atoms with van der Waals surface area (Å²) in [6.07, 6.45) is 0. The molecule has 9 heteroatoms. The van der Waals surface area contributed by atoms with E-state index in [2.05, 4.69) is 10.6 Å². The molecule has 2 N–H and O–H groups in total. The standard InChI is InChI=1S/C25H17F5N2O2/c1-11-16(15-17(26)19(28)21(30)20(29)18(15)27)25(13-9-5-6-10-14(13)31-24(25)34)22(32-23(11)33)12-7-3-2-4-8-12/h2-11,16,22H,1H3,(H,31,34)(H,32,33)/t11-,16-,22+,25-/m0/s1. The highest BCUT2D eigenvalue weighted by atomic mass is 19.2. The highest BCUT2D eigenvalue weighted by Gasteiger charge is 2.64. The highest BCUT2D eigenvalue weighted by molar-refractivity contribution is 6.09. The van der Waals surface area contributed by atoms with Gasteiger partial charge in [0.1, 0.15) is 5.41 Å². The van der Waals surface area contributed by atoms with E-state index in [9.17, 15) is 22.8 Å². The molecule has 2 aliphatic heterocycles. The van der Waals surface area contributed by atoms with Gasteiger partial charge in [-0.15, -0.1) is 0 Å². The van der Waals surface area contributed by atoms with Crippen LogP contribution in [-0.2, 0) is 15.0 Å². The third kappa shape index (κ3) is 2.76. The van der Waals surface area contributed by atoms with Crippen LogP contribution < -0.4 is 10.6 Å². The number of hydrogen-bond acceptors (Lipinski definition) is 2. The van der Waals surface area contributed by atoms with Gasteiger partial charge in [0.05, 0.1) is 6.04 Å². The summed E-state index contributed by atoms with van der Waals surface area (Å²) in [7, 11) is 0. The second-order valence-electron chi connectivity index (χ2n) is 8.47. The quantitative estimate of drug-likeness (QED) is 0.318. The largest absolute Gasteiger partial charge is 0.348 e. The molecule has 0 aliphatic carbocycles. The Labute approximate surface area is 190 Å². The van der Waals surface area contributed by atoms with Gasteiger partial charge < -0.3 is 10.6 Å². The van der Waals surface area contributed by atoms with Crippen molar-refractivity contribution >= 4 is 17.5 Å². The number of carbonyl (C=O) groups excluding carboxylic acids is 2. The van der Waals surface area contributed by atoms with Crippen molar-refractivity contribution in [2.24, 2.45) is 5.92 Å². The number of halogens is 5. The first-order chi connectivity index (χ1) is 16.2. The summed E-state index contributed by atoms with van der Waals surface area (Å²) in [6, 6.07) is 13.4. The molecule has 0 aromatic heterocycles. The number of rotatable bonds is 2. The molecule has 2 aliphatic rings. The van der Waals surface area contributed by atoms with Crippen molar-refractivity contribution in [1.29, 1.82) is 0 Å². The summed E-state index contributed by atoms with van der Waals surface area (Å²) in [6.45, 7) is 1.30. The first-order valence-corrected chi connectivity index (χ1v) is 10.5. The lowest BCUT2D eigenvalue weighted by molar-refractivity contribution is -0.135. The Hall–Kier alpha value is -3.75. The molecule has 3 aromatic carbocycles. The maximum absolute atomic E-state index is 15.2. The number of piperidine rings is 1. The lowest BCUT2D eigenvalue weighted by Crippen LogP contribution is -2.60. The maximum atomic E-state index is 15.2. The topological polar surface area (TPSA) is 58.2 Å². The number of fused-ring (bicyclic) bond motifs is 2. The molecule has 1 fully saturated rings. The average Bonchev–Trinajstić information content (AvgIpc) is 3.13. The molecular weight excluding hydrogens is 455 g/mol. The zero-order chi connectivity index (χ0) is 24.4. The van der Waals surface area contributed by atoms with Crippen LogP contribution in [0.25, 0.3) is 0 Å². The van der Waals surface area contributed by atoms with Crippen LogP contribution in [0, 0.1) is 35.0 Å². The Morgan fingerprint density at radius 2 is 1.32 bits per heavy atom. The van der Waals surface area contributed by atoms with E-state index < -0.39 is 69.8 Å². The SMILES string of the molecule is C[C@@H]1C(=O)N[C@H](c2ccccc2)[C@@]2(C(=O)Nc3ccccc32)[C@@H]1c1c(F)c(F)c(F)c(F)c1F. The molecule has 0 bridgehead atoms. The van der Waals surface area contributed by atoms with Crippen molar-refractivity contribution in [2.75, 3.05) is 5.32 Å². The lowest BCUT2D eigenvalue weighted by atomic mass is 9.56. The molecule has 1 saturated heterocycles. The minimum absolute atomic E-state index is 0.287. The van der Waals surface area contributed by atoms with Crippen LogP contribution in [0.1, 0.15) is 35.6 Å². The van der Waals surface area contributed by atoms with E-state index in [1.165, 1.54) is 6.92 Å². The van der Waals surface area contributed by atoms with E-state index in [4.69, 9.17) is 0 Å². The van der Waals surface area contributed by atoms with E-state index in [0.29, 0.717) is 11.3 Å². The maximum Gasteiger partial charge on any atom is 0.238 e. The van der Waals surface area contributed by atoms with Crippen molar-refractivity contribution in [3.63, 3.8) is 0 Å². The fourth-order valence-corrected chi connectivity index (χ4v) is 5.37. The summed E-state index contributed by atoms with van der Waals surface area (Å²) in [5.41, 5.74) is -2.04.